The molecule has 0 fully saturated rings. The van der Waals surface area contributed by atoms with E-state index in [9.17, 15) is 26.0 Å². The van der Waals surface area contributed by atoms with E-state index in [1.165, 1.54) is 6.07 Å². The minimum Gasteiger partial charge on any atom is -0.223 e. The molecule has 0 radical (unpaired) electrons. The van der Waals surface area contributed by atoms with Gasteiger partial charge in [0.15, 0.2) is 9.84 Å². The van der Waals surface area contributed by atoms with Crippen LogP contribution in [0.15, 0.2) is 47.4 Å². The van der Waals surface area contributed by atoms with E-state index in [0.717, 1.165) is 30.3 Å². The van der Waals surface area contributed by atoms with Gasteiger partial charge in [-0.05, 0) is 29.8 Å². The minimum atomic E-state index is -4.80. The summed E-state index contributed by atoms with van der Waals surface area (Å²) in [7, 11) is -4.29. The van der Waals surface area contributed by atoms with E-state index < -0.39 is 38.0 Å². The average Bonchev–Trinajstić information content (AvgIpc) is 2.41. The lowest BCUT2D eigenvalue weighted by Crippen LogP contribution is -2.14. The standard InChI is InChI=1S/C14H9ClF4O2S/c15-12-7-10(16)6-5-9(12)8-22(20,21)13-4-2-1-3-11(13)14(17,18)19/h1-7H,8H2. The molecule has 0 amide bonds. The Labute approximate surface area is 129 Å². The smallest absolute Gasteiger partial charge is 0.223 e. The van der Waals surface area contributed by atoms with Gasteiger partial charge in [0.25, 0.3) is 0 Å². The molecular weight excluding hydrogens is 344 g/mol. The Balaban J connectivity index is 2.48. The second-order valence-corrected chi connectivity index (χ2v) is 6.85. The van der Waals surface area contributed by atoms with Crippen LogP contribution < -0.4 is 0 Å². The van der Waals surface area contributed by atoms with Gasteiger partial charge in [0.2, 0.25) is 0 Å². The van der Waals surface area contributed by atoms with Crippen molar-refractivity contribution >= 4 is 21.4 Å². The fourth-order valence-corrected chi connectivity index (χ4v) is 3.83. The predicted molar refractivity (Wildman–Crippen MR) is 73.7 cm³/mol. The summed E-state index contributed by atoms with van der Waals surface area (Å²) in [5.41, 5.74) is -1.21. The molecule has 2 rings (SSSR count). The van der Waals surface area contributed by atoms with Gasteiger partial charge in [0, 0.05) is 5.02 Å². The molecule has 2 aromatic carbocycles. The lowest BCUT2D eigenvalue weighted by atomic mass is 10.2. The molecule has 0 N–H and O–H groups in total. The van der Waals surface area contributed by atoms with Gasteiger partial charge in [0.1, 0.15) is 5.82 Å². The van der Waals surface area contributed by atoms with Crippen molar-refractivity contribution in [2.24, 2.45) is 0 Å². The number of rotatable bonds is 3. The highest BCUT2D eigenvalue weighted by Gasteiger charge is 2.36. The summed E-state index contributed by atoms with van der Waals surface area (Å²) < 4.78 is 76.2. The van der Waals surface area contributed by atoms with Crippen LogP contribution in [-0.4, -0.2) is 8.42 Å². The van der Waals surface area contributed by atoms with Crippen LogP contribution in [0.1, 0.15) is 11.1 Å². The number of hydrogen-bond donors (Lipinski definition) is 0. The zero-order valence-electron chi connectivity index (χ0n) is 10.9. The largest absolute Gasteiger partial charge is 0.417 e. The summed E-state index contributed by atoms with van der Waals surface area (Å²) >= 11 is 5.73. The van der Waals surface area contributed by atoms with Gasteiger partial charge in [0.05, 0.1) is 16.2 Å². The first-order chi connectivity index (χ1) is 10.1. The molecule has 22 heavy (non-hydrogen) atoms. The fraction of sp³-hybridized carbons (Fsp3) is 0.143. The Bertz CT molecular complexity index is 801. The molecule has 0 bridgehead atoms. The van der Waals surface area contributed by atoms with Crippen LogP contribution in [0.5, 0.6) is 0 Å². The number of hydrogen-bond acceptors (Lipinski definition) is 2. The zero-order valence-corrected chi connectivity index (χ0v) is 12.4. The molecule has 0 atom stereocenters. The third kappa shape index (κ3) is 3.59. The Morgan fingerprint density at radius 2 is 1.68 bits per heavy atom. The minimum absolute atomic E-state index is 0.0278. The summed E-state index contributed by atoms with van der Waals surface area (Å²) in [6.45, 7) is 0. The third-order valence-electron chi connectivity index (χ3n) is 2.89. The van der Waals surface area contributed by atoms with Crippen LogP contribution in [0, 0.1) is 5.82 Å². The van der Waals surface area contributed by atoms with Crippen molar-refractivity contribution in [1.82, 2.24) is 0 Å². The molecule has 0 aliphatic rings. The summed E-state index contributed by atoms with van der Waals surface area (Å²) in [6, 6.07) is 6.91. The molecule has 0 unspecified atom stereocenters. The second kappa shape index (κ2) is 5.89. The molecule has 0 saturated heterocycles. The monoisotopic (exact) mass is 352 g/mol. The third-order valence-corrected chi connectivity index (χ3v) is 4.96. The summed E-state index contributed by atoms with van der Waals surface area (Å²) in [5, 5.41) is -0.159. The van der Waals surface area contributed by atoms with Crippen LogP contribution in [0.2, 0.25) is 5.02 Å². The van der Waals surface area contributed by atoms with Crippen LogP contribution in [0.4, 0.5) is 17.6 Å². The molecular formula is C14H9ClF4O2S. The Morgan fingerprint density at radius 1 is 1.05 bits per heavy atom. The summed E-state index contributed by atoms with van der Waals surface area (Å²) in [6.07, 6.45) is -4.80. The second-order valence-electron chi connectivity index (χ2n) is 4.49. The van der Waals surface area contributed by atoms with E-state index in [0.29, 0.717) is 6.07 Å². The maximum absolute atomic E-state index is 12.9. The first-order valence-corrected chi connectivity index (χ1v) is 7.97. The molecule has 2 nitrogen and oxygen atoms in total. The lowest BCUT2D eigenvalue weighted by Gasteiger charge is -2.13. The highest BCUT2D eigenvalue weighted by atomic mass is 35.5. The van der Waals surface area contributed by atoms with Crippen LogP contribution in [-0.2, 0) is 21.8 Å². The fourth-order valence-electron chi connectivity index (χ4n) is 1.89. The van der Waals surface area contributed by atoms with E-state index in [-0.39, 0.29) is 10.6 Å². The van der Waals surface area contributed by atoms with Crippen molar-refractivity contribution in [1.29, 1.82) is 0 Å². The van der Waals surface area contributed by atoms with Crippen molar-refractivity contribution in [3.8, 4) is 0 Å². The molecule has 0 aliphatic carbocycles. The van der Waals surface area contributed by atoms with Gasteiger partial charge in [-0.15, -0.1) is 0 Å². The maximum atomic E-state index is 12.9. The van der Waals surface area contributed by atoms with E-state index in [2.05, 4.69) is 0 Å². The van der Waals surface area contributed by atoms with Crippen LogP contribution in [0.25, 0.3) is 0 Å². The molecule has 118 valence electrons. The van der Waals surface area contributed by atoms with E-state index in [4.69, 9.17) is 11.6 Å². The van der Waals surface area contributed by atoms with Crippen LogP contribution in [0.3, 0.4) is 0 Å². The van der Waals surface area contributed by atoms with Gasteiger partial charge >= 0.3 is 6.18 Å². The van der Waals surface area contributed by atoms with Crippen molar-refractivity contribution in [2.45, 2.75) is 16.8 Å². The van der Waals surface area contributed by atoms with Crippen molar-refractivity contribution in [3.05, 3.63) is 64.4 Å². The van der Waals surface area contributed by atoms with Gasteiger partial charge < -0.3 is 0 Å². The van der Waals surface area contributed by atoms with E-state index in [1.54, 1.807) is 0 Å². The summed E-state index contributed by atoms with van der Waals surface area (Å²) in [4.78, 5) is -0.831. The van der Waals surface area contributed by atoms with Gasteiger partial charge in [-0.2, -0.15) is 13.2 Å². The Kier molecular flexibility index (Phi) is 4.49. The number of alkyl halides is 3. The average molecular weight is 353 g/mol. The molecule has 0 aromatic heterocycles. The summed E-state index contributed by atoms with van der Waals surface area (Å²) in [5.74, 6) is -1.42. The van der Waals surface area contributed by atoms with E-state index >= 15 is 0 Å². The highest BCUT2D eigenvalue weighted by molar-refractivity contribution is 7.90. The normalized spacial score (nSPS) is 12.4. The number of halogens is 5. The lowest BCUT2D eigenvalue weighted by molar-refractivity contribution is -0.139. The number of sulfone groups is 1. The van der Waals surface area contributed by atoms with Gasteiger partial charge in [-0.1, -0.05) is 29.8 Å². The zero-order chi connectivity index (χ0) is 16.5. The molecule has 0 saturated carbocycles. The van der Waals surface area contributed by atoms with Crippen molar-refractivity contribution in [3.63, 3.8) is 0 Å². The van der Waals surface area contributed by atoms with Crippen molar-refractivity contribution < 1.29 is 26.0 Å². The molecule has 2 aromatic rings. The highest BCUT2D eigenvalue weighted by Crippen LogP contribution is 2.35. The van der Waals surface area contributed by atoms with Gasteiger partial charge in [-0.25, -0.2) is 12.8 Å². The van der Waals surface area contributed by atoms with Crippen LogP contribution >= 0.6 is 11.6 Å². The quantitative estimate of drug-likeness (QED) is 0.764. The van der Waals surface area contributed by atoms with E-state index in [1.807, 2.05) is 0 Å². The SMILES string of the molecule is O=S(=O)(Cc1ccc(F)cc1Cl)c1ccccc1C(F)(F)F. The molecule has 0 spiro atoms. The maximum Gasteiger partial charge on any atom is 0.417 e. The topological polar surface area (TPSA) is 34.1 Å². The Morgan fingerprint density at radius 3 is 2.27 bits per heavy atom. The molecule has 0 aliphatic heterocycles. The first-order valence-electron chi connectivity index (χ1n) is 5.94. The number of benzene rings is 2. The molecule has 0 heterocycles. The van der Waals surface area contributed by atoms with Gasteiger partial charge in [-0.3, -0.25) is 0 Å². The predicted octanol–water partition coefficient (Wildman–Crippen LogP) is 4.47. The first kappa shape index (κ1) is 16.8. The Hall–Kier alpha value is -1.60. The van der Waals surface area contributed by atoms with Crippen molar-refractivity contribution in [2.75, 3.05) is 0 Å². The molecule has 8 heteroatoms.